The third kappa shape index (κ3) is 3.69. The van der Waals surface area contributed by atoms with E-state index < -0.39 is 24.2 Å². The van der Waals surface area contributed by atoms with Gasteiger partial charge in [-0.1, -0.05) is 12.1 Å². The van der Waals surface area contributed by atoms with Gasteiger partial charge in [0.25, 0.3) is 5.91 Å². The number of amides is 1. The average Bonchev–Trinajstić information content (AvgIpc) is 2.44. The summed E-state index contributed by atoms with van der Waals surface area (Å²) in [7, 11) is 1.20. The van der Waals surface area contributed by atoms with E-state index in [1.165, 1.54) is 31.4 Å². The predicted molar refractivity (Wildman–Crippen MR) is 60.6 cm³/mol. The van der Waals surface area contributed by atoms with Crippen molar-refractivity contribution < 1.29 is 31.9 Å². The minimum absolute atomic E-state index is 0.237. The standard InChI is InChI=1S/C12H11F4NO3/c1-20-9(18)8-4-2-7(3-5-8)6-17-11(19)12(15,16)10(13)14/h2-5,10H,6H2,1H3,(H,17,19). The summed E-state index contributed by atoms with van der Waals surface area (Å²) >= 11 is 0. The molecule has 0 aliphatic heterocycles. The van der Waals surface area contributed by atoms with Crippen LogP contribution in [0.1, 0.15) is 15.9 Å². The van der Waals surface area contributed by atoms with Crippen molar-refractivity contribution in [2.75, 3.05) is 7.11 Å². The molecule has 0 atom stereocenters. The molecule has 4 nitrogen and oxygen atoms in total. The Morgan fingerprint density at radius 3 is 2.25 bits per heavy atom. The smallest absolute Gasteiger partial charge is 0.383 e. The molecule has 1 aromatic rings. The van der Waals surface area contributed by atoms with Gasteiger partial charge in [0.05, 0.1) is 12.7 Å². The van der Waals surface area contributed by atoms with Gasteiger partial charge in [-0.25, -0.2) is 13.6 Å². The number of carbonyl (C=O) groups is 2. The number of alkyl halides is 4. The maximum Gasteiger partial charge on any atom is 0.383 e. The molecule has 0 heterocycles. The van der Waals surface area contributed by atoms with E-state index in [0.29, 0.717) is 5.56 Å². The molecule has 1 aromatic carbocycles. The molecule has 0 aliphatic rings. The minimum atomic E-state index is -4.73. The zero-order chi connectivity index (χ0) is 15.3. The monoisotopic (exact) mass is 293 g/mol. The van der Waals surface area contributed by atoms with Crippen LogP contribution in [-0.4, -0.2) is 31.3 Å². The number of esters is 1. The Morgan fingerprint density at radius 1 is 1.25 bits per heavy atom. The van der Waals surface area contributed by atoms with Crippen molar-refractivity contribution in [3.05, 3.63) is 35.4 Å². The van der Waals surface area contributed by atoms with Crippen LogP contribution < -0.4 is 5.32 Å². The lowest BCUT2D eigenvalue weighted by Crippen LogP contribution is -2.44. The second kappa shape index (κ2) is 6.36. The van der Waals surface area contributed by atoms with E-state index in [4.69, 9.17) is 0 Å². The van der Waals surface area contributed by atoms with Crippen LogP contribution in [0.25, 0.3) is 0 Å². The van der Waals surface area contributed by atoms with Crippen molar-refractivity contribution in [2.45, 2.75) is 18.9 Å². The van der Waals surface area contributed by atoms with Gasteiger partial charge in [-0.3, -0.25) is 4.79 Å². The topological polar surface area (TPSA) is 55.4 Å². The molecule has 0 aromatic heterocycles. The van der Waals surface area contributed by atoms with Gasteiger partial charge >= 0.3 is 18.3 Å². The Bertz CT molecular complexity index is 488. The van der Waals surface area contributed by atoms with Crippen LogP contribution >= 0.6 is 0 Å². The Kier molecular flexibility index (Phi) is 5.06. The van der Waals surface area contributed by atoms with E-state index in [1.807, 2.05) is 0 Å². The largest absolute Gasteiger partial charge is 0.465 e. The van der Waals surface area contributed by atoms with Gasteiger partial charge in [-0.15, -0.1) is 0 Å². The van der Waals surface area contributed by atoms with Crippen LogP contribution in [0.5, 0.6) is 0 Å². The summed E-state index contributed by atoms with van der Waals surface area (Å²) in [5.74, 6) is -7.36. The molecule has 0 saturated heterocycles. The van der Waals surface area contributed by atoms with Gasteiger partial charge in [0.2, 0.25) is 0 Å². The Hall–Kier alpha value is -2.12. The number of ether oxygens (including phenoxy) is 1. The minimum Gasteiger partial charge on any atom is -0.465 e. The molecular formula is C12H11F4NO3. The average molecular weight is 293 g/mol. The molecule has 8 heteroatoms. The maximum absolute atomic E-state index is 12.6. The van der Waals surface area contributed by atoms with Gasteiger partial charge in [0.15, 0.2) is 0 Å². The van der Waals surface area contributed by atoms with Crippen molar-refractivity contribution in [1.82, 2.24) is 5.32 Å². The van der Waals surface area contributed by atoms with Crippen molar-refractivity contribution >= 4 is 11.9 Å². The highest BCUT2D eigenvalue weighted by Gasteiger charge is 2.48. The van der Waals surface area contributed by atoms with Gasteiger partial charge in [0.1, 0.15) is 0 Å². The highest BCUT2D eigenvalue weighted by Crippen LogP contribution is 2.22. The highest BCUT2D eigenvalue weighted by atomic mass is 19.3. The van der Waals surface area contributed by atoms with Crippen LogP contribution in [-0.2, 0) is 16.1 Å². The van der Waals surface area contributed by atoms with Crippen LogP contribution in [0.4, 0.5) is 17.6 Å². The molecular weight excluding hydrogens is 282 g/mol. The first-order valence-electron chi connectivity index (χ1n) is 5.40. The fourth-order valence-electron chi connectivity index (χ4n) is 1.28. The molecule has 20 heavy (non-hydrogen) atoms. The fourth-order valence-corrected chi connectivity index (χ4v) is 1.28. The maximum atomic E-state index is 12.6. The number of rotatable bonds is 5. The predicted octanol–water partition coefficient (Wildman–Crippen LogP) is 1.99. The van der Waals surface area contributed by atoms with Crippen molar-refractivity contribution in [2.24, 2.45) is 0 Å². The number of benzene rings is 1. The molecule has 110 valence electrons. The first-order chi connectivity index (χ1) is 9.28. The Balaban J connectivity index is 2.63. The zero-order valence-corrected chi connectivity index (χ0v) is 10.3. The molecule has 0 spiro atoms. The van der Waals surface area contributed by atoms with Crippen LogP contribution in [0.2, 0.25) is 0 Å². The van der Waals surface area contributed by atoms with Gasteiger partial charge in [-0.2, -0.15) is 8.78 Å². The third-order valence-electron chi connectivity index (χ3n) is 2.40. The van der Waals surface area contributed by atoms with E-state index in [0.717, 1.165) is 0 Å². The van der Waals surface area contributed by atoms with Crippen molar-refractivity contribution in [1.29, 1.82) is 0 Å². The Labute approximate surface area is 111 Å². The summed E-state index contributed by atoms with van der Waals surface area (Å²) in [5, 5.41) is 1.70. The number of hydrogen-bond acceptors (Lipinski definition) is 3. The number of methoxy groups -OCH3 is 1. The number of nitrogens with one attached hydrogen (secondary N) is 1. The van der Waals surface area contributed by atoms with E-state index >= 15 is 0 Å². The third-order valence-corrected chi connectivity index (χ3v) is 2.40. The van der Waals surface area contributed by atoms with Crippen molar-refractivity contribution in [3.63, 3.8) is 0 Å². The molecule has 0 aliphatic carbocycles. The molecule has 1 amide bonds. The summed E-state index contributed by atoms with van der Waals surface area (Å²) in [6.45, 7) is -0.359. The van der Waals surface area contributed by atoms with E-state index in [2.05, 4.69) is 4.74 Å². The molecule has 1 rings (SSSR count). The first-order valence-corrected chi connectivity index (χ1v) is 5.40. The first kappa shape index (κ1) is 15.9. The quantitative estimate of drug-likeness (QED) is 0.667. The number of halogens is 4. The number of hydrogen-bond donors (Lipinski definition) is 1. The normalized spacial score (nSPS) is 11.3. The van der Waals surface area contributed by atoms with E-state index in [1.54, 1.807) is 5.32 Å². The van der Waals surface area contributed by atoms with E-state index in [9.17, 15) is 27.2 Å². The summed E-state index contributed by atoms with van der Waals surface area (Å²) in [5.41, 5.74) is 0.608. The molecule has 0 radical (unpaired) electrons. The molecule has 0 unspecified atom stereocenters. The summed E-state index contributed by atoms with van der Waals surface area (Å²) in [4.78, 5) is 22.0. The molecule has 0 bridgehead atoms. The lowest BCUT2D eigenvalue weighted by molar-refractivity contribution is -0.169. The fraction of sp³-hybridized carbons (Fsp3) is 0.333. The second-order valence-electron chi connectivity index (χ2n) is 3.79. The Morgan fingerprint density at radius 2 is 1.80 bits per heavy atom. The molecule has 0 saturated carbocycles. The van der Waals surface area contributed by atoms with Gasteiger partial charge in [-0.05, 0) is 17.7 Å². The lowest BCUT2D eigenvalue weighted by atomic mass is 10.1. The molecule has 1 N–H and O–H groups in total. The van der Waals surface area contributed by atoms with E-state index in [-0.39, 0.29) is 12.1 Å². The van der Waals surface area contributed by atoms with Gasteiger partial charge in [0, 0.05) is 6.54 Å². The zero-order valence-electron chi connectivity index (χ0n) is 10.3. The van der Waals surface area contributed by atoms with Crippen LogP contribution in [0, 0.1) is 0 Å². The van der Waals surface area contributed by atoms with Crippen LogP contribution in [0.3, 0.4) is 0 Å². The SMILES string of the molecule is COC(=O)c1ccc(CNC(=O)C(F)(F)C(F)F)cc1. The summed E-state index contributed by atoms with van der Waals surface area (Å²) < 4.78 is 53.5. The summed E-state index contributed by atoms with van der Waals surface area (Å²) in [6, 6.07) is 5.48. The highest BCUT2D eigenvalue weighted by molar-refractivity contribution is 5.89. The second-order valence-corrected chi connectivity index (χ2v) is 3.79. The van der Waals surface area contributed by atoms with Crippen LogP contribution in [0.15, 0.2) is 24.3 Å². The van der Waals surface area contributed by atoms with Crippen molar-refractivity contribution in [3.8, 4) is 0 Å². The summed E-state index contributed by atoms with van der Waals surface area (Å²) in [6.07, 6.45) is -4.07. The lowest BCUT2D eigenvalue weighted by Gasteiger charge is -2.14. The number of carbonyl (C=O) groups excluding carboxylic acids is 2. The van der Waals surface area contributed by atoms with Gasteiger partial charge < -0.3 is 10.1 Å². The molecule has 0 fully saturated rings.